The third kappa shape index (κ3) is 9.15. The fraction of sp³-hybridized carbons (Fsp3) is 0.377. The molecule has 2 aliphatic heterocycles. The van der Waals surface area contributed by atoms with E-state index in [1.54, 1.807) is 30.6 Å². The molecule has 2 spiro atoms. The molecule has 3 aromatic carbocycles. The molecule has 1 saturated heterocycles. The predicted octanol–water partition coefficient (Wildman–Crippen LogP) is 10.7. The third-order valence-electron chi connectivity index (χ3n) is 14.9. The summed E-state index contributed by atoms with van der Waals surface area (Å²) < 4.78 is 21.6. The van der Waals surface area contributed by atoms with Crippen molar-refractivity contribution in [1.29, 1.82) is 0 Å². The number of halogens is 3. The van der Waals surface area contributed by atoms with Gasteiger partial charge in [0.15, 0.2) is 11.0 Å². The van der Waals surface area contributed by atoms with Crippen molar-refractivity contribution in [3.8, 4) is 0 Å². The highest BCUT2D eigenvalue weighted by atomic mass is 35.5. The van der Waals surface area contributed by atoms with Crippen LogP contribution in [-0.2, 0) is 37.4 Å². The first-order valence-electron chi connectivity index (χ1n) is 23.2. The van der Waals surface area contributed by atoms with Crippen LogP contribution in [0.2, 0.25) is 10.2 Å². The van der Waals surface area contributed by atoms with Crippen LogP contribution in [0.5, 0.6) is 0 Å². The Morgan fingerprint density at radius 1 is 0.910 bits per heavy atom. The van der Waals surface area contributed by atoms with E-state index in [1.165, 1.54) is 28.2 Å². The zero-order valence-electron chi connectivity index (χ0n) is 37.7. The Morgan fingerprint density at radius 3 is 2.39 bits per heavy atom. The van der Waals surface area contributed by atoms with Crippen LogP contribution in [0.3, 0.4) is 0 Å². The highest BCUT2D eigenvalue weighted by molar-refractivity contribution is 6.31. The summed E-state index contributed by atoms with van der Waals surface area (Å²) in [5.74, 6) is -3.40. The van der Waals surface area contributed by atoms with Gasteiger partial charge in [0.05, 0.1) is 18.1 Å². The van der Waals surface area contributed by atoms with Gasteiger partial charge in [0.2, 0.25) is 17.7 Å². The lowest BCUT2D eigenvalue weighted by atomic mass is 9.51. The molecule has 2 aliphatic carbocycles. The first-order chi connectivity index (χ1) is 32.3. The maximum Gasteiger partial charge on any atom is 0.246 e. The van der Waals surface area contributed by atoms with E-state index in [9.17, 15) is 14.4 Å². The van der Waals surface area contributed by atoms with Gasteiger partial charge in [-0.15, -0.1) is 0 Å². The van der Waals surface area contributed by atoms with Gasteiger partial charge in [-0.1, -0.05) is 73.4 Å². The largest absolute Gasteiger partial charge is 0.367 e. The van der Waals surface area contributed by atoms with Crippen LogP contribution >= 0.6 is 23.2 Å². The summed E-state index contributed by atoms with van der Waals surface area (Å²) >= 11 is 12.6. The molecule has 10 rings (SSSR count). The number of primary amides is 1. The number of carbonyl (C=O) groups is 3. The first kappa shape index (κ1) is 46.3. The molecule has 348 valence electrons. The Hall–Kier alpha value is -5.82. The number of fused-ring (bicyclic) bond motifs is 4. The van der Waals surface area contributed by atoms with Crippen molar-refractivity contribution in [2.45, 2.75) is 102 Å². The monoisotopic (exact) mass is 943 g/mol. The van der Waals surface area contributed by atoms with Gasteiger partial charge in [-0.2, -0.15) is 0 Å². The van der Waals surface area contributed by atoms with Gasteiger partial charge in [-0.25, -0.2) is 9.37 Å². The van der Waals surface area contributed by atoms with E-state index in [4.69, 9.17) is 33.7 Å². The van der Waals surface area contributed by atoms with Crippen LogP contribution in [0.1, 0.15) is 93.4 Å². The van der Waals surface area contributed by atoms with Crippen molar-refractivity contribution < 1.29 is 23.5 Å². The fourth-order valence-corrected chi connectivity index (χ4v) is 11.8. The summed E-state index contributed by atoms with van der Waals surface area (Å²) in [5, 5.41) is 11.1. The molecule has 14 heteroatoms. The lowest BCUT2D eigenvalue weighted by Gasteiger charge is -2.50. The summed E-state index contributed by atoms with van der Waals surface area (Å²) in [4.78, 5) is 51.7. The molecular weight excluding hydrogens is 889 g/mol. The molecule has 67 heavy (non-hydrogen) atoms. The highest BCUT2D eigenvalue weighted by Gasteiger charge is 2.72. The molecule has 0 radical (unpaired) electrons. The SMILES string of the molecule is CC1(C)CCC2(CC1)C[C@H](C(=O)N[C@H]1CC[C@H](C(N)=O)OC1)[C@@H](c1ccnc(Cl)c1F)[C@@]21C(=O)Nc2cc(Cl)ccc21.c1ccc2c(CCCc3ccc(Nc4ccncc4)cc3)c[nH]c2c1. The van der Waals surface area contributed by atoms with E-state index in [-0.39, 0.29) is 40.6 Å². The molecule has 3 fully saturated rings. The summed E-state index contributed by atoms with van der Waals surface area (Å²) in [6.07, 6.45) is 14.2. The molecule has 3 aromatic heterocycles. The number of ether oxygens (including phenoxy) is 1. The molecule has 4 aliphatic rings. The van der Waals surface area contributed by atoms with Crippen LogP contribution in [0, 0.1) is 22.6 Å². The number of benzene rings is 3. The standard InChI is InChI=1S/C31H35Cl2FN4O4.C22H21N3/c1-29(2)8-10-30(11-9-29)14-19(27(40)37-17-4-6-22(26(35)39)42-15-17)23(18-7-12-36-25(33)24(18)34)31(30)20-5-3-16(32)13-21(20)38-28(31)41;1-2-7-22-21(6-1)18(16-24-22)5-3-4-17-8-10-19(11-9-17)25-20-12-14-23-15-13-20/h3,5,7,12-13,17,19,22-23H,4,6,8-11,14-15H2,1-2H3,(H2,35,39)(H,37,40)(H,38,41);1-2,6-16,24H,3-5H2,(H,23,25)/t17-,19-,22+,23+,31-;/m0./s1. The summed E-state index contributed by atoms with van der Waals surface area (Å²) in [6.45, 7) is 4.57. The number of aromatic nitrogens is 3. The normalized spacial score (nSPS) is 23.6. The zero-order chi connectivity index (χ0) is 46.9. The van der Waals surface area contributed by atoms with Crippen LogP contribution in [-0.4, -0.2) is 51.4 Å². The van der Waals surface area contributed by atoms with E-state index in [0.717, 1.165) is 49.0 Å². The minimum Gasteiger partial charge on any atom is -0.367 e. The fourth-order valence-electron chi connectivity index (χ4n) is 11.4. The van der Waals surface area contributed by atoms with E-state index in [2.05, 4.69) is 99.5 Å². The Balaban J connectivity index is 0.000000191. The smallest absolute Gasteiger partial charge is 0.246 e. The topological polar surface area (TPSA) is 164 Å². The van der Waals surface area contributed by atoms with E-state index in [1.807, 2.05) is 18.2 Å². The van der Waals surface area contributed by atoms with Gasteiger partial charge < -0.3 is 31.4 Å². The maximum atomic E-state index is 16.0. The number of hydrogen-bond acceptors (Lipinski definition) is 7. The number of rotatable bonds is 10. The number of nitrogens with two attached hydrogens (primary N) is 1. The first-order valence-corrected chi connectivity index (χ1v) is 24.0. The van der Waals surface area contributed by atoms with Crippen LogP contribution in [0.4, 0.5) is 21.5 Å². The maximum absolute atomic E-state index is 16.0. The minimum absolute atomic E-state index is 0.0712. The average Bonchev–Trinajstić information content (AvgIpc) is 3.97. The molecule has 0 bridgehead atoms. The second-order valence-electron chi connectivity index (χ2n) is 19.5. The van der Waals surface area contributed by atoms with Gasteiger partial charge >= 0.3 is 0 Å². The summed E-state index contributed by atoms with van der Waals surface area (Å²) in [5.41, 5.74) is 11.3. The Labute approximate surface area is 400 Å². The molecule has 6 N–H and O–H groups in total. The predicted molar refractivity (Wildman–Crippen MR) is 261 cm³/mol. The number of carbonyl (C=O) groups excluding carboxylic acids is 3. The number of amides is 3. The molecular formula is C53H56Cl2FN7O4. The minimum atomic E-state index is -1.24. The average molecular weight is 945 g/mol. The number of para-hydroxylation sites is 1. The number of nitrogens with zero attached hydrogens (tertiary/aromatic N) is 2. The van der Waals surface area contributed by atoms with Crippen molar-refractivity contribution in [2.75, 3.05) is 17.2 Å². The molecule has 2 saturated carbocycles. The van der Waals surface area contributed by atoms with E-state index in [0.29, 0.717) is 42.8 Å². The van der Waals surface area contributed by atoms with Gasteiger partial charge in [0, 0.05) is 69.6 Å². The van der Waals surface area contributed by atoms with Gasteiger partial charge in [0.25, 0.3) is 0 Å². The number of aryl methyl sites for hydroxylation is 2. The van der Waals surface area contributed by atoms with Crippen molar-refractivity contribution in [1.82, 2.24) is 20.3 Å². The number of pyridine rings is 2. The lowest BCUT2D eigenvalue weighted by molar-refractivity contribution is -0.134. The number of nitrogens with one attached hydrogen (secondary N) is 4. The number of hydrogen-bond donors (Lipinski definition) is 5. The Morgan fingerprint density at radius 2 is 1.66 bits per heavy atom. The van der Waals surface area contributed by atoms with Gasteiger partial charge in [-0.3, -0.25) is 19.4 Å². The van der Waals surface area contributed by atoms with Crippen molar-refractivity contribution in [3.05, 3.63) is 148 Å². The molecule has 0 unspecified atom stereocenters. The molecule has 3 amide bonds. The number of H-pyrrole nitrogens is 1. The van der Waals surface area contributed by atoms with E-state index >= 15 is 4.39 Å². The second kappa shape index (κ2) is 19.1. The van der Waals surface area contributed by atoms with Gasteiger partial charge in [-0.05, 0) is 146 Å². The van der Waals surface area contributed by atoms with Crippen molar-refractivity contribution in [3.63, 3.8) is 0 Å². The van der Waals surface area contributed by atoms with Crippen LogP contribution in [0.15, 0.2) is 110 Å². The van der Waals surface area contributed by atoms with Crippen LogP contribution < -0.4 is 21.7 Å². The van der Waals surface area contributed by atoms with Crippen molar-refractivity contribution >= 4 is 68.9 Å². The molecule has 6 aromatic rings. The number of aromatic amines is 1. The highest BCUT2D eigenvalue weighted by Crippen LogP contribution is 2.72. The lowest BCUT2D eigenvalue weighted by Crippen LogP contribution is -2.53. The molecule has 11 nitrogen and oxygen atoms in total. The molecule has 5 heterocycles. The second-order valence-corrected chi connectivity index (χ2v) is 20.3. The van der Waals surface area contributed by atoms with Gasteiger partial charge in [0.1, 0.15) is 6.10 Å². The van der Waals surface area contributed by atoms with Crippen LogP contribution in [0.25, 0.3) is 10.9 Å². The Bertz CT molecular complexity index is 2770. The quantitative estimate of drug-likeness (QED) is 0.0853. The summed E-state index contributed by atoms with van der Waals surface area (Å²) in [6, 6.07) is 27.7. The zero-order valence-corrected chi connectivity index (χ0v) is 39.2. The summed E-state index contributed by atoms with van der Waals surface area (Å²) in [7, 11) is 0. The Kier molecular flexibility index (Phi) is 13.2. The third-order valence-corrected chi connectivity index (χ3v) is 15.4. The molecule has 5 atom stereocenters. The number of anilines is 3. The van der Waals surface area contributed by atoms with E-state index < -0.39 is 40.5 Å². The van der Waals surface area contributed by atoms with Crippen molar-refractivity contribution in [2.24, 2.45) is 22.5 Å².